The summed E-state index contributed by atoms with van der Waals surface area (Å²) in [6.45, 7) is 6.07. The monoisotopic (exact) mass is 389 g/mol. The van der Waals surface area contributed by atoms with E-state index in [9.17, 15) is 9.90 Å². The number of para-hydroxylation sites is 1. The fraction of sp³-hybridized carbons (Fsp3) is 0.292. The number of benzene rings is 2. The van der Waals surface area contributed by atoms with E-state index in [-0.39, 0.29) is 0 Å². The number of aliphatic carboxylic acids is 1. The van der Waals surface area contributed by atoms with Gasteiger partial charge in [-0.25, -0.2) is 0 Å². The van der Waals surface area contributed by atoms with Gasteiger partial charge in [-0.15, -0.1) is 0 Å². The third kappa shape index (κ3) is 4.26. The van der Waals surface area contributed by atoms with Gasteiger partial charge in [0.1, 0.15) is 6.04 Å². The van der Waals surface area contributed by atoms with Crippen molar-refractivity contribution in [3.63, 3.8) is 0 Å². The number of aryl methyl sites for hydroxylation is 1. The Bertz CT molecular complexity index is 1000. The van der Waals surface area contributed by atoms with E-state index in [1.807, 2.05) is 49.4 Å². The van der Waals surface area contributed by atoms with Gasteiger partial charge in [-0.05, 0) is 18.6 Å². The van der Waals surface area contributed by atoms with Crippen LogP contribution in [0.3, 0.4) is 0 Å². The number of rotatable bonds is 6. The van der Waals surface area contributed by atoms with E-state index in [2.05, 4.69) is 39.1 Å². The minimum atomic E-state index is -0.782. The highest BCUT2D eigenvalue weighted by Gasteiger charge is 2.33. The zero-order chi connectivity index (χ0) is 20.2. The molecule has 1 aliphatic rings. The van der Waals surface area contributed by atoms with Crippen LogP contribution in [0.25, 0.3) is 17.0 Å². The minimum absolute atomic E-state index is 0.617. The van der Waals surface area contributed by atoms with Gasteiger partial charge in [-0.2, -0.15) is 0 Å². The van der Waals surface area contributed by atoms with Crippen LogP contribution >= 0.6 is 0 Å². The first-order valence-corrected chi connectivity index (χ1v) is 10.1. The molecule has 1 aromatic heterocycles. The molecule has 1 aliphatic heterocycles. The summed E-state index contributed by atoms with van der Waals surface area (Å²) in [4.78, 5) is 20.0. The van der Waals surface area contributed by atoms with Gasteiger partial charge in [0.2, 0.25) is 0 Å². The smallest absolute Gasteiger partial charge is 0.325 e. The molecule has 0 unspecified atom stereocenters. The molecule has 5 heteroatoms. The second-order valence-electron chi connectivity index (χ2n) is 7.60. The van der Waals surface area contributed by atoms with Crippen molar-refractivity contribution in [1.82, 2.24) is 14.8 Å². The molecule has 2 heterocycles. The molecule has 5 nitrogen and oxygen atoms in total. The van der Waals surface area contributed by atoms with Crippen molar-refractivity contribution in [2.45, 2.75) is 13.0 Å². The molecule has 0 aliphatic carbocycles. The fourth-order valence-electron chi connectivity index (χ4n) is 4.22. The van der Waals surface area contributed by atoms with Crippen LogP contribution in [-0.4, -0.2) is 58.6 Å². The summed E-state index contributed by atoms with van der Waals surface area (Å²) in [6, 6.07) is 17.6. The van der Waals surface area contributed by atoms with Crippen LogP contribution in [0, 0.1) is 6.92 Å². The zero-order valence-electron chi connectivity index (χ0n) is 16.7. The molecule has 1 saturated heterocycles. The highest BCUT2D eigenvalue weighted by atomic mass is 16.4. The van der Waals surface area contributed by atoms with Crippen LogP contribution in [0.5, 0.6) is 0 Å². The molecular formula is C24H27N3O2. The van der Waals surface area contributed by atoms with Crippen LogP contribution < -0.4 is 0 Å². The number of fused-ring (bicyclic) bond motifs is 1. The van der Waals surface area contributed by atoms with E-state index in [4.69, 9.17) is 0 Å². The van der Waals surface area contributed by atoms with Gasteiger partial charge in [0.05, 0.1) is 0 Å². The van der Waals surface area contributed by atoms with Crippen molar-refractivity contribution in [2.24, 2.45) is 0 Å². The molecule has 3 aromatic rings. The Morgan fingerprint density at radius 1 is 1.07 bits per heavy atom. The fourth-order valence-corrected chi connectivity index (χ4v) is 4.22. The Kier molecular flexibility index (Phi) is 5.79. The number of carbonyl (C=O) groups is 1. The molecule has 1 atom stereocenters. The number of aromatic nitrogens is 1. The zero-order valence-corrected chi connectivity index (χ0v) is 16.7. The SMILES string of the molecule is Cc1[nH]c2ccccc2c1[C@H](C(=O)O)N1CCN(C/C=C/c2ccccc2)CC1. The molecule has 0 amide bonds. The van der Waals surface area contributed by atoms with E-state index in [1.54, 1.807) is 0 Å². The maximum absolute atomic E-state index is 12.2. The highest BCUT2D eigenvalue weighted by Crippen LogP contribution is 2.32. The number of nitrogens with one attached hydrogen (secondary N) is 1. The summed E-state index contributed by atoms with van der Waals surface area (Å²) in [6.07, 6.45) is 4.32. The Labute approximate surface area is 171 Å². The number of nitrogens with zero attached hydrogens (tertiary/aromatic N) is 2. The summed E-state index contributed by atoms with van der Waals surface area (Å²) in [5, 5.41) is 11.0. The van der Waals surface area contributed by atoms with Gasteiger partial charge in [0.25, 0.3) is 0 Å². The first-order valence-electron chi connectivity index (χ1n) is 10.1. The Hall–Kier alpha value is -2.89. The summed E-state index contributed by atoms with van der Waals surface area (Å²) < 4.78 is 0. The van der Waals surface area contributed by atoms with Gasteiger partial charge in [-0.1, -0.05) is 60.7 Å². The third-order valence-electron chi connectivity index (χ3n) is 5.70. The molecule has 150 valence electrons. The van der Waals surface area contributed by atoms with Crippen molar-refractivity contribution in [3.05, 3.63) is 77.5 Å². The molecule has 0 radical (unpaired) electrons. The highest BCUT2D eigenvalue weighted by molar-refractivity contribution is 5.90. The topological polar surface area (TPSA) is 59.6 Å². The average molecular weight is 389 g/mol. The quantitative estimate of drug-likeness (QED) is 0.671. The first-order chi connectivity index (χ1) is 14.1. The summed E-state index contributed by atoms with van der Waals surface area (Å²) in [5.74, 6) is -0.782. The Morgan fingerprint density at radius 2 is 1.76 bits per heavy atom. The van der Waals surface area contributed by atoms with Gasteiger partial charge in [0.15, 0.2) is 0 Å². The molecule has 29 heavy (non-hydrogen) atoms. The Balaban J connectivity index is 1.44. The number of piperazine rings is 1. The lowest BCUT2D eigenvalue weighted by Gasteiger charge is -2.37. The number of aromatic amines is 1. The molecule has 0 bridgehead atoms. The molecule has 1 fully saturated rings. The maximum atomic E-state index is 12.2. The summed E-state index contributed by atoms with van der Waals surface area (Å²) in [7, 11) is 0. The van der Waals surface area contributed by atoms with Crippen molar-refractivity contribution < 1.29 is 9.90 Å². The van der Waals surface area contributed by atoms with Crippen molar-refractivity contribution >= 4 is 22.9 Å². The largest absolute Gasteiger partial charge is 0.480 e. The predicted octanol–water partition coefficient (Wildman–Crippen LogP) is 3.93. The number of hydrogen-bond donors (Lipinski definition) is 2. The van der Waals surface area contributed by atoms with E-state index in [0.29, 0.717) is 0 Å². The van der Waals surface area contributed by atoms with Gasteiger partial charge >= 0.3 is 5.97 Å². The van der Waals surface area contributed by atoms with Crippen LogP contribution in [0.4, 0.5) is 0 Å². The summed E-state index contributed by atoms with van der Waals surface area (Å²) >= 11 is 0. The van der Waals surface area contributed by atoms with Crippen LogP contribution in [-0.2, 0) is 4.79 Å². The molecule has 2 N–H and O–H groups in total. The van der Waals surface area contributed by atoms with Crippen LogP contribution in [0.1, 0.15) is 22.9 Å². The van der Waals surface area contributed by atoms with Gasteiger partial charge in [-0.3, -0.25) is 14.6 Å². The summed E-state index contributed by atoms with van der Waals surface area (Å²) in [5.41, 5.74) is 4.03. The minimum Gasteiger partial charge on any atom is -0.480 e. The molecule has 0 spiro atoms. The lowest BCUT2D eigenvalue weighted by atomic mass is 10.0. The van der Waals surface area contributed by atoms with Crippen molar-refractivity contribution in [3.8, 4) is 0 Å². The van der Waals surface area contributed by atoms with Crippen molar-refractivity contribution in [1.29, 1.82) is 0 Å². The third-order valence-corrected chi connectivity index (χ3v) is 5.70. The normalized spacial score (nSPS) is 17.1. The van der Waals surface area contributed by atoms with E-state index in [1.165, 1.54) is 5.56 Å². The van der Waals surface area contributed by atoms with Gasteiger partial charge < -0.3 is 10.1 Å². The first kappa shape index (κ1) is 19.4. The molecule has 4 rings (SSSR count). The number of carboxylic acids is 1. The second kappa shape index (κ2) is 8.64. The van der Waals surface area contributed by atoms with E-state index in [0.717, 1.165) is 54.9 Å². The lowest BCUT2D eigenvalue weighted by molar-refractivity contribution is -0.144. The van der Waals surface area contributed by atoms with Crippen LogP contribution in [0.15, 0.2) is 60.7 Å². The average Bonchev–Trinajstić information content (AvgIpc) is 3.06. The standard InChI is InChI=1S/C24H27N3O2/c1-18-22(20-11-5-6-12-21(20)25-18)23(24(28)29)27-16-14-26(15-17-27)13-7-10-19-8-3-2-4-9-19/h2-12,23,25H,13-17H2,1H3,(H,28,29)/b10-7+/t23-/m1/s1. The van der Waals surface area contributed by atoms with Crippen molar-refractivity contribution in [2.75, 3.05) is 32.7 Å². The van der Waals surface area contributed by atoms with E-state index >= 15 is 0 Å². The predicted molar refractivity (Wildman–Crippen MR) is 117 cm³/mol. The molecule has 2 aromatic carbocycles. The molecular weight excluding hydrogens is 362 g/mol. The van der Waals surface area contributed by atoms with Gasteiger partial charge in [0, 0.05) is 54.9 Å². The second-order valence-corrected chi connectivity index (χ2v) is 7.60. The van der Waals surface area contributed by atoms with E-state index < -0.39 is 12.0 Å². The number of carboxylic acid groups (broad SMARTS) is 1. The van der Waals surface area contributed by atoms with Crippen LogP contribution in [0.2, 0.25) is 0 Å². The number of H-pyrrole nitrogens is 1. The lowest BCUT2D eigenvalue weighted by Crippen LogP contribution is -2.49. The Morgan fingerprint density at radius 3 is 2.48 bits per heavy atom. The number of hydrogen-bond acceptors (Lipinski definition) is 3. The maximum Gasteiger partial charge on any atom is 0.325 e. The molecule has 0 saturated carbocycles.